The topological polar surface area (TPSA) is 89.8 Å². The third-order valence-electron chi connectivity index (χ3n) is 4.05. The average Bonchev–Trinajstić information content (AvgIpc) is 3.26. The van der Waals surface area contributed by atoms with Gasteiger partial charge in [-0.15, -0.1) is 0 Å². The van der Waals surface area contributed by atoms with Gasteiger partial charge < -0.3 is 13.9 Å². The maximum absolute atomic E-state index is 12.1. The molecule has 0 aliphatic rings. The summed E-state index contributed by atoms with van der Waals surface area (Å²) in [5.74, 6) is 0.754. The van der Waals surface area contributed by atoms with Crippen LogP contribution in [-0.4, -0.2) is 18.4 Å². The molecule has 0 bridgehead atoms. The zero-order valence-corrected chi connectivity index (χ0v) is 17.9. The smallest absolute Gasteiger partial charge is 0.305 e. The highest BCUT2D eigenvalue weighted by Gasteiger charge is 2.13. The number of carbonyl (C=O) groups is 2. The van der Waals surface area contributed by atoms with Gasteiger partial charge in [0, 0.05) is 6.42 Å². The summed E-state index contributed by atoms with van der Waals surface area (Å²) in [4.78, 5) is 24.0. The number of benzene rings is 2. The molecule has 0 saturated heterocycles. The van der Waals surface area contributed by atoms with E-state index in [9.17, 15) is 9.59 Å². The summed E-state index contributed by atoms with van der Waals surface area (Å²) in [7, 11) is 0. The van der Waals surface area contributed by atoms with Gasteiger partial charge in [0.15, 0.2) is 5.76 Å². The molecular weight excluding hydrogens is 443 g/mol. The summed E-state index contributed by atoms with van der Waals surface area (Å²) < 4.78 is 16.5. The monoisotopic (exact) mass is 462 g/mol. The van der Waals surface area contributed by atoms with Crippen LogP contribution >= 0.6 is 23.2 Å². The maximum Gasteiger partial charge on any atom is 0.305 e. The number of amides is 2. The molecule has 9 heteroatoms. The first-order valence-electron chi connectivity index (χ1n) is 9.45. The Balaban J connectivity index is 1.35. The highest BCUT2D eigenvalue weighted by Crippen LogP contribution is 2.31. The van der Waals surface area contributed by atoms with E-state index in [0.717, 1.165) is 0 Å². The Kier molecular flexibility index (Phi) is 8.20. The predicted octanol–water partition coefficient (Wildman–Crippen LogP) is 4.79. The molecule has 0 saturated carbocycles. The van der Waals surface area contributed by atoms with Gasteiger partial charge in [-0.2, -0.15) is 0 Å². The number of nitrogens with one attached hydrogen (secondary N) is 2. The van der Waals surface area contributed by atoms with Crippen molar-refractivity contribution >= 4 is 35.0 Å². The number of halogens is 2. The molecule has 3 rings (SSSR count). The van der Waals surface area contributed by atoms with Crippen LogP contribution in [0.4, 0.5) is 0 Å². The molecule has 0 unspecified atom stereocenters. The molecule has 0 spiro atoms. The number of carbonyl (C=O) groups excluding carboxylic acids is 2. The van der Waals surface area contributed by atoms with Gasteiger partial charge in [-0.25, -0.2) is 0 Å². The second-order valence-electron chi connectivity index (χ2n) is 6.37. The Morgan fingerprint density at radius 1 is 0.903 bits per heavy atom. The SMILES string of the molecule is O=C(CCCOc1cccc(Cl)c1Cl)NNC(=O)c1ccc(COc2ccccc2)o1. The fourth-order valence-corrected chi connectivity index (χ4v) is 2.86. The van der Waals surface area contributed by atoms with Gasteiger partial charge in [0.25, 0.3) is 0 Å². The third kappa shape index (κ3) is 6.94. The van der Waals surface area contributed by atoms with Gasteiger partial charge in [-0.3, -0.25) is 20.4 Å². The van der Waals surface area contributed by atoms with Crippen molar-refractivity contribution in [3.8, 4) is 11.5 Å². The molecule has 0 aliphatic heterocycles. The van der Waals surface area contributed by atoms with Crippen LogP contribution < -0.4 is 20.3 Å². The Hall–Kier alpha value is -3.16. The molecular formula is C22H20Cl2N2O5. The number of hydrazine groups is 1. The first-order valence-corrected chi connectivity index (χ1v) is 10.2. The van der Waals surface area contributed by atoms with Crippen LogP contribution in [-0.2, 0) is 11.4 Å². The van der Waals surface area contributed by atoms with E-state index in [1.165, 1.54) is 6.07 Å². The van der Waals surface area contributed by atoms with Crippen LogP contribution in [0.25, 0.3) is 0 Å². The van der Waals surface area contributed by atoms with Crippen molar-refractivity contribution in [3.05, 3.63) is 82.2 Å². The Morgan fingerprint density at radius 2 is 1.71 bits per heavy atom. The first-order chi connectivity index (χ1) is 15.0. The summed E-state index contributed by atoms with van der Waals surface area (Å²) >= 11 is 11.9. The van der Waals surface area contributed by atoms with Crippen molar-refractivity contribution in [3.63, 3.8) is 0 Å². The van der Waals surface area contributed by atoms with Crippen molar-refractivity contribution in [2.24, 2.45) is 0 Å². The second-order valence-corrected chi connectivity index (χ2v) is 7.16. The van der Waals surface area contributed by atoms with E-state index >= 15 is 0 Å². The number of hydrogen-bond donors (Lipinski definition) is 2. The fraction of sp³-hybridized carbons (Fsp3) is 0.182. The molecule has 162 valence electrons. The molecule has 0 fully saturated rings. The van der Waals surface area contributed by atoms with Gasteiger partial charge in [0.1, 0.15) is 28.9 Å². The fourth-order valence-electron chi connectivity index (χ4n) is 2.51. The lowest BCUT2D eigenvalue weighted by molar-refractivity contribution is -0.122. The lowest BCUT2D eigenvalue weighted by Gasteiger charge is -2.09. The summed E-state index contributed by atoms with van der Waals surface area (Å²) in [5, 5.41) is 0.722. The minimum Gasteiger partial charge on any atom is -0.492 e. The van der Waals surface area contributed by atoms with E-state index in [4.69, 9.17) is 37.1 Å². The summed E-state index contributed by atoms with van der Waals surface area (Å²) in [6.45, 7) is 0.449. The van der Waals surface area contributed by atoms with Crippen molar-refractivity contribution in [2.45, 2.75) is 19.4 Å². The van der Waals surface area contributed by atoms with Crippen molar-refractivity contribution in [2.75, 3.05) is 6.61 Å². The number of hydrogen-bond acceptors (Lipinski definition) is 5. The average molecular weight is 463 g/mol. The lowest BCUT2D eigenvalue weighted by atomic mass is 10.3. The van der Waals surface area contributed by atoms with Crippen LogP contribution in [0, 0.1) is 0 Å². The Morgan fingerprint density at radius 3 is 2.52 bits per heavy atom. The second kappa shape index (κ2) is 11.3. The molecule has 31 heavy (non-hydrogen) atoms. The van der Waals surface area contributed by atoms with E-state index in [1.54, 1.807) is 24.3 Å². The molecule has 2 aromatic carbocycles. The highest BCUT2D eigenvalue weighted by molar-refractivity contribution is 6.42. The standard InChI is InChI=1S/C22H20Cl2N2O5/c23-17-8-4-9-18(21(17)24)29-13-5-10-20(27)25-26-22(28)19-12-11-16(31-19)14-30-15-6-2-1-3-7-15/h1-4,6-9,11-12H,5,10,13-14H2,(H,25,27)(H,26,28). The molecule has 3 aromatic rings. The molecule has 1 aromatic heterocycles. The van der Waals surface area contributed by atoms with E-state index < -0.39 is 5.91 Å². The van der Waals surface area contributed by atoms with Crippen molar-refractivity contribution in [1.29, 1.82) is 0 Å². The third-order valence-corrected chi connectivity index (χ3v) is 4.85. The van der Waals surface area contributed by atoms with E-state index in [0.29, 0.717) is 33.7 Å². The van der Waals surface area contributed by atoms with Crippen LogP contribution in [0.15, 0.2) is 65.1 Å². The van der Waals surface area contributed by atoms with Gasteiger partial charge in [0.2, 0.25) is 5.91 Å². The van der Waals surface area contributed by atoms with Crippen molar-refractivity contribution < 1.29 is 23.5 Å². The number of furan rings is 1. The van der Waals surface area contributed by atoms with Gasteiger partial charge >= 0.3 is 5.91 Å². The zero-order chi connectivity index (χ0) is 22.1. The number of para-hydroxylation sites is 1. The molecule has 0 atom stereocenters. The quantitative estimate of drug-likeness (QED) is 0.352. The molecule has 0 aliphatic carbocycles. The molecule has 2 N–H and O–H groups in total. The predicted molar refractivity (Wildman–Crippen MR) is 116 cm³/mol. The van der Waals surface area contributed by atoms with Gasteiger partial charge in [-0.1, -0.05) is 47.5 Å². The Bertz CT molecular complexity index is 1020. The largest absolute Gasteiger partial charge is 0.492 e. The highest BCUT2D eigenvalue weighted by atomic mass is 35.5. The molecule has 0 radical (unpaired) electrons. The summed E-state index contributed by atoms with van der Waals surface area (Å²) in [6.07, 6.45) is 0.569. The van der Waals surface area contributed by atoms with Crippen molar-refractivity contribution in [1.82, 2.24) is 10.9 Å². The van der Waals surface area contributed by atoms with Gasteiger partial charge in [-0.05, 0) is 42.8 Å². The summed E-state index contributed by atoms with van der Waals surface area (Å²) in [6, 6.07) is 17.5. The number of ether oxygens (including phenoxy) is 2. The van der Waals surface area contributed by atoms with Crippen LogP contribution in [0.3, 0.4) is 0 Å². The van der Waals surface area contributed by atoms with E-state index in [1.807, 2.05) is 30.3 Å². The van der Waals surface area contributed by atoms with E-state index in [-0.39, 0.29) is 31.3 Å². The van der Waals surface area contributed by atoms with Crippen LogP contribution in [0.1, 0.15) is 29.2 Å². The van der Waals surface area contributed by atoms with Gasteiger partial charge in [0.05, 0.1) is 11.6 Å². The summed E-state index contributed by atoms with van der Waals surface area (Å²) in [5.41, 5.74) is 4.64. The maximum atomic E-state index is 12.1. The zero-order valence-electron chi connectivity index (χ0n) is 16.4. The first kappa shape index (κ1) is 22.5. The minimum atomic E-state index is -0.568. The Labute approximate surface area is 189 Å². The molecule has 7 nitrogen and oxygen atoms in total. The minimum absolute atomic E-state index is 0.0610. The number of rotatable bonds is 9. The van der Waals surface area contributed by atoms with Crippen LogP contribution in [0.5, 0.6) is 11.5 Å². The lowest BCUT2D eigenvalue weighted by Crippen LogP contribution is -2.41. The van der Waals surface area contributed by atoms with Crippen LogP contribution in [0.2, 0.25) is 10.0 Å². The normalized spacial score (nSPS) is 10.4. The van der Waals surface area contributed by atoms with E-state index in [2.05, 4.69) is 10.9 Å². The molecule has 2 amide bonds. The molecule has 1 heterocycles.